The first kappa shape index (κ1) is 30.2. The number of Topliss-reactive ketones (excluding diaryl/α,β-unsaturated/α-hetero) is 1. The van der Waals surface area contributed by atoms with Crippen molar-refractivity contribution >= 4 is 63.9 Å². The average Bonchev–Trinajstić information content (AvgIpc) is 3.69. The molecule has 1 N–H and O–H groups in total. The number of hydrogen-bond acceptors (Lipinski definition) is 5. The van der Waals surface area contributed by atoms with Gasteiger partial charge in [0.25, 0.3) is 5.91 Å². The van der Waals surface area contributed by atoms with Gasteiger partial charge in [-0.2, -0.15) is 10.5 Å². The molecule has 0 aromatic heterocycles. The number of carbonyl (C=O) groups excluding carboxylic acids is 2. The molecule has 0 spiro atoms. The van der Waals surface area contributed by atoms with Crippen LogP contribution in [0.2, 0.25) is 20.1 Å². The van der Waals surface area contributed by atoms with Crippen LogP contribution in [0.3, 0.4) is 0 Å². The van der Waals surface area contributed by atoms with Gasteiger partial charge in [0, 0.05) is 49.0 Å². The second-order valence-corrected chi connectivity index (χ2v) is 13.3. The molecule has 10 heteroatoms. The van der Waals surface area contributed by atoms with Crippen LogP contribution in [-0.4, -0.2) is 22.4 Å². The van der Waals surface area contributed by atoms with Crippen LogP contribution < -0.4 is 0 Å². The summed E-state index contributed by atoms with van der Waals surface area (Å²) in [6.45, 7) is 0. The lowest BCUT2D eigenvalue weighted by atomic mass is 9.62. The molecule has 7 rings (SSSR count). The van der Waals surface area contributed by atoms with Crippen LogP contribution in [0, 0.1) is 39.4 Å². The molecule has 2 fully saturated rings. The summed E-state index contributed by atoms with van der Waals surface area (Å²) in [4.78, 5) is 30.7. The molecule has 224 valence electrons. The second kappa shape index (κ2) is 10.8. The first-order valence-corrected chi connectivity index (χ1v) is 15.7. The highest BCUT2D eigenvalue weighted by Gasteiger charge is 2.88. The van der Waals surface area contributed by atoms with E-state index in [1.54, 1.807) is 91.0 Å². The van der Waals surface area contributed by atoms with Gasteiger partial charge in [-0.05, 0) is 77.4 Å². The predicted molar refractivity (Wildman–Crippen MR) is 176 cm³/mol. The summed E-state index contributed by atoms with van der Waals surface area (Å²) in [5.74, 6) is -4.03. The summed E-state index contributed by atoms with van der Waals surface area (Å²) in [6.07, 6.45) is 0. The molecule has 4 aromatic carbocycles. The molecule has 0 bridgehead atoms. The zero-order valence-corrected chi connectivity index (χ0v) is 26.7. The van der Waals surface area contributed by atoms with Gasteiger partial charge in [-0.3, -0.25) is 19.9 Å². The van der Waals surface area contributed by atoms with E-state index >= 15 is 0 Å². The number of benzene rings is 4. The van der Waals surface area contributed by atoms with Crippen LogP contribution in [0.5, 0.6) is 0 Å². The van der Waals surface area contributed by atoms with Crippen LogP contribution in [0.25, 0.3) is 0 Å². The molecule has 1 saturated carbocycles. The van der Waals surface area contributed by atoms with E-state index in [0.29, 0.717) is 36.8 Å². The number of nitriles is 2. The lowest BCUT2D eigenvalue weighted by molar-refractivity contribution is -0.132. The van der Waals surface area contributed by atoms with Crippen molar-refractivity contribution in [3.8, 4) is 12.1 Å². The maximum absolute atomic E-state index is 14.8. The number of piperidine rings is 1. The van der Waals surface area contributed by atoms with E-state index in [4.69, 9.17) is 46.4 Å². The summed E-state index contributed by atoms with van der Waals surface area (Å²) >= 11 is 25.5. The highest BCUT2D eigenvalue weighted by molar-refractivity contribution is 6.32. The Kier molecular flexibility index (Phi) is 7.12. The van der Waals surface area contributed by atoms with Gasteiger partial charge in [-0.1, -0.05) is 82.8 Å². The zero-order valence-electron chi connectivity index (χ0n) is 23.6. The van der Waals surface area contributed by atoms with E-state index in [9.17, 15) is 25.5 Å². The molecular formula is C36H20Cl4N4O2. The fraction of sp³-hybridized carbons (Fsp3) is 0.139. The smallest absolute Gasteiger partial charge is 0.250 e. The molecule has 4 aromatic rings. The number of halogens is 4. The van der Waals surface area contributed by atoms with Gasteiger partial charge < -0.3 is 0 Å². The van der Waals surface area contributed by atoms with Crippen molar-refractivity contribution in [1.82, 2.24) is 4.90 Å². The summed E-state index contributed by atoms with van der Waals surface area (Å²) in [6, 6.07) is 31.4. The summed E-state index contributed by atoms with van der Waals surface area (Å²) in [7, 11) is 0. The SMILES string of the molecule is N#CC1=C(C(=O)c2ccc(Cl)cc2)[C@H](c2cccc(Cl)c2)[C@]2(c3ccc(Cl)cc3)C3[C@@H](c4cccc(Cl)c4)[C@@]3(C#N)C(=O)N2C1=N. The van der Waals surface area contributed by atoms with Crippen molar-refractivity contribution in [3.63, 3.8) is 0 Å². The number of rotatable bonds is 5. The third-order valence-corrected chi connectivity index (χ3v) is 10.4. The standard InChI is InChI=1S/C36H20Cl4N4O2/c37-23-11-7-19(8-12-23)31(45)28-27(17-41)33(43)44-34(46)35(18-42)30(21-4-2-6-26(40)16-21)32(35)36(44,22-9-13-24(38)14-10-22)29(28)20-3-1-5-25(39)15-20/h1-16,29-30,32,43H/t29-,30+,32?,35+,36+/m0/s1. The Morgan fingerprint density at radius 3 is 1.91 bits per heavy atom. The van der Waals surface area contributed by atoms with Crippen LogP contribution in [0.1, 0.15) is 38.9 Å². The van der Waals surface area contributed by atoms with Gasteiger partial charge in [0.05, 0.1) is 11.6 Å². The summed E-state index contributed by atoms with van der Waals surface area (Å²) in [5.41, 5.74) is -1.40. The fourth-order valence-electron chi connectivity index (χ4n) is 7.70. The van der Waals surface area contributed by atoms with Gasteiger partial charge >= 0.3 is 0 Å². The molecule has 1 aliphatic carbocycles. The zero-order chi connectivity index (χ0) is 32.5. The van der Waals surface area contributed by atoms with E-state index < -0.39 is 46.2 Å². The van der Waals surface area contributed by atoms with Crippen molar-refractivity contribution in [2.75, 3.05) is 0 Å². The normalized spacial score (nSPS) is 26.2. The number of fused-ring (bicyclic) bond motifs is 3. The molecule has 1 saturated heterocycles. The molecule has 6 nitrogen and oxygen atoms in total. The van der Waals surface area contributed by atoms with E-state index in [1.165, 1.54) is 4.90 Å². The van der Waals surface area contributed by atoms with Crippen LogP contribution >= 0.6 is 46.4 Å². The number of amidine groups is 1. The van der Waals surface area contributed by atoms with E-state index in [-0.39, 0.29) is 16.7 Å². The molecule has 2 aliphatic heterocycles. The number of nitrogens with zero attached hydrogens (tertiary/aromatic N) is 3. The van der Waals surface area contributed by atoms with E-state index in [2.05, 4.69) is 12.1 Å². The molecule has 3 aliphatic rings. The molecule has 5 atom stereocenters. The van der Waals surface area contributed by atoms with Gasteiger partial charge in [-0.15, -0.1) is 0 Å². The topological polar surface area (TPSA) is 109 Å². The Morgan fingerprint density at radius 1 is 0.783 bits per heavy atom. The Morgan fingerprint density at radius 2 is 1.35 bits per heavy atom. The second-order valence-electron chi connectivity index (χ2n) is 11.5. The largest absolute Gasteiger partial charge is 0.289 e. The van der Waals surface area contributed by atoms with Gasteiger partial charge in [0.1, 0.15) is 22.9 Å². The van der Waals surface area contributed by atoms with Crippen molar-refractivity contribution in [1.29, 1.82) is 15.9 Å². The van der Waals surface area contributed by atoms with Crippen molar-refractivity contribution in [3.05, 3.63) is 151 Å². The Hall–Kier alpha value is -4.43. The van der Waals surface area contributed by atoms with E-state index in [1.807, 2.05) is 6.07 Å². The van der Waals surface area contributed by atoms with Gasteiger partial charge in [0.15, 0.2) is 5.78 Å². The van der Waals surface area contributed by atoms with Gasteiger partial charge in [-0.25, -0.2) is 0 Å². The molecule has 2 heterocycles. The Bertz CT molecular complexity index is 2120. The van der Waals surface area contributed by atoms with Gasteiger partial charge in [0.2, 0.25) is 0 Å². The number of carbonyl (C=O) groups is 2. The van der Waals surface area contributed by atoms with Crippen LogP contribution in [0.4, 0.5) is 0 Å². The van der Waals surface area contributed by atoms with Crippen LogP contribution in [-0.2, 0) is 10.3 Å². The third kappa shape index (κ3) is 4.05. The minimum Gasteiger partial charge on any atom is -0.289 e. The van der Waals surface area contributed by atoms with Crippen LogP contribution in [0.15, 0.2) is 108 Å². The molecule has 1 unspecified atom stereocenters. The molecule has 46 heavy (non-hydrogen) atoms. The minimum absolute atomic E-state index is 0.0153. The first-order chi connectivity index (χ1) is 22.1. The Labute approximate surface area is 284 Å². The quantitative estimate of drug-likeness (QED) is 0.212. The monoisotopic (exact) mass is 680 g/mol. The minimum atomic E-state index is -1.62. The number of nitrogens with one attached hydrogen (secondary N) is 1. The van der Waals surface area contributed by atoms with E-state index in [0.717, 1.165) is 0 Å². The first-order valence-electron chi connectivity index (χ1n) is 14.2. The van der Waals surface area contributed by atoms with Crippen molar-refractivity contribution < 1.29 is 9.59 Å². The van der Waals surface area contributed by atoms with Crippen molar-refractivity contribution in [2.45, 2.75) is 17.4 Å². The fourth-order valence-corrected chi connectivity index (χ4v) is 8.35. The number of amides is 1. The summed E-state index contributed by atoms with van der Waals surface area (Å²) < 4.78 is 0. The molecule has 1 amide bonds. The molecular weight excluding hydrogens is 662 g/mol. The number of ketones is 1. The summed E-state index contributed by atoms with van der Waals surface area (Å²) in [5, 5.41) is 32.5. The van der Waals surface area contributed by atoms with Crippen molar-refractivity contribution in [2.24, 2.45) is 11.3 Å². The highest BCUT2D eigenvalue weighted by Crippen LogP contribution is 2.81. The highest BCUT2D eigenvalue weighted by atomic mass is 35.5. The lowest BCUT2D eigenvalue weighted by Gasteiger charge is -2.51. The molecule has 0 radical (unpaired) electrons. The maximum atomic E-state index is 14.8. The maximum Gasteiger partial charge on any atom is 0.250 e. The predicted octanol–water partition coefficient (Wildman–Crippen LogP) is 8.74. The number of hydrogen-bond donors (Lipinski definition) is 1. The Balaban J connectivity index is 1.62. The lowest BCUT2D eigenvalue weighted by Crippen LogP contribution is -2.58. The average molecular weight is 682 g/mol. The third-order valence-electron chi connectivity index (χ3n) is 9.41.